The fourth-order valence-corrected chi connectivity index (χ4v) is 7.93. The Hall–Kier alpha value is -5.57. The number of hydrogen-bond donors (Lipinski definition) is 1. The molecule has 0 spiro atoms. The monoisotopic (exact) mass is 968 g/mol. The first-order valence-corrected chi connectivity index (χ1v) is 20.8. The third-order valence-corrected chi connectivity index (χ3v) is 11.4. The number of phenols is 1. The summed E-state index contributed by atoms with van der Waals surface area (Å²) in [6, 6.07) is 50.2. The SMILES string of the molecule is [2H]C(C)(C)c1ccc(-n2c(-c3cc(C(C)C)cc(C(C)C)c3O)nc3c(-c4[c-]c(-c5cc(-c6ccccc6)ccn5)cc(C(C)(C)C)c4)cccc32)c(-c2ccccc2)c1.[Pt]. The molecular weight excluding hydrogens is 914 g/mol. The molecule has 6 aromatic carbocycles. The fraction of sp³-hybridized carbons (Fsp3) is 0.236. The average Bonchev–Trinajstić information content (AvgIpc) is 3.62. The van der Waals surface area contributed by atoms with Gasteiger partial charge in [-0.25, -0.2) is 4.98 Å². The number of fused-ring (bicyclic) bond motifs is 1. The Labute approximate surface area is 372 Å². The second-order valence-corrected chi connectivity index (χ2v) is 17.6. The second-order valence-electron chi connectivity index (χ2n) is 17.6. The quantitative estimate of drug-likeness (QED) is 0.147. The van der Waals surface area contributed by atoms with E-state index in [9.17, 15) is 5.11 Å². The number of para-hydroxylation sites is 1. The largest absolute Gasteiger partial charge is 0.507 e. The van der Waals surface area contributed by atoms with Gasteiger partial charge in [-0.3, -0.25) is 9.55 Å². The van der Waals surface area contributed by atoms with Gasteiger partial charge in [0.25, 0.3) is 0 Å². The van der Waals surface area contributed by atoms with Crippen molar-refractivity contribution in [2.75, 3.05) is 0 Å². The molecule has 0 aliphatic heterocycles. The smallest absolute Gasteiger partial charge is 0.148 e. The molecule has 8 aromatic rings. The number of aromatic hydroxyl groups is 1. The topological polar surface area (TPSA) is 50.9 Å². The number of benzene rings is 6. The van der Waals surface area contributed by atoms with Crippen LogP contribution in [0, 0.1) is 6.07 Å². The van der Waals surface area contributed by atoms with Gasteiger partial charge in [0.05, 0.1) is 22.3 Å². The Morgan fingerprint density at radius 1 is 0.633 bits per heavy atom. The molecular formula is C55H54N3OPt-. The summed E-state index contributed by atoms with van der Waals surface area (Å²) in [6.45, 7) is 19.2. The molecule has 0 fully saturated rings. The van der Waals surface area contributed by atoms with Gasteiger partial charge in [0, 0.05) is 39.9 Å². The maximum atomic E-state index is 12.2. The van der Waals surface area contributed by atoms with Crippen molar-refractivity contribution in [3.05, 3.63) is 168 Å². The van der Waals surface area contributed by atoms with Gasteiger partial charge in [-0.2, -0.15) is 0 Å². The minimum Gasteiger partial charge on any atom is -0.507 e. The van der Waals surface area contributed by atoms with Crippen LogP contribution in [0.5, 0.6) is 5.75 Å². The Morgan fingerprint density at radius 2 is 1.30 bits per heavy atom. The van der Waals surface area contributed by atoms with E-state index in [4.69, 9.17) is 11.3 Å². The van der Waals surface area contributed by atoms with Crippen LogP contribution in [0.1, 0.15) is 104 Å². The van der Waals surface area contributed by atoms with E-state index in [1.54, 1.807) is 0 Å². The molecule has 5 heteroatoms. The van der Waals surface area contributed by atoms with Crippen LogP contribution in [0.2, 0.25) is 0 Å². The number of imidazole rings is 1. The maximum Gasteiger partial charge on any atom is 0.148 e. The molecule has 0 aliphatic rings. The van der Waals surface area contributed by atoms with Crippen molar-refractivity contribution in [1.29, 1.82) is 0 Å². The zero-order valence-electron chi connectivity index (χ0n) is 37.0. The van der Waals surface area contributed by atoms with Gasteiger partial charge in [0.2, 0.25) is 0 Å². The molecule has 4 nitrogen and oxygen atoms in total. The number of pyridine rings is 1. The van der Waals surface area contributed by atoms with Crippen molar-refractivity contribution >= 4 is 11.0 Å². The van der Waals surface area contributed by atoms with Gasteiger partial charge in [0.1, 0.15) is 11.6 Å². The van der Waals surface area contributed by atoms with Gasteiger partial charge >= 0.3 is 0 Å². The van der Waals surface area contributed by atoms with E-state index >= 15 is 0 Å². The Morgan fingerprint density at radius 3 is 1.95 bits per heavy atom. The molecule has 0 saturated heterocycles. The summed E-state index contributed by atoms with van der Waals surface area (Å²) in [6.07, 6.45) is 1.88. The molecule has 0 unspecified atom stereocenters. The van der Waals surface area contributed by atoms with E-state index in [2.05, 4.69) is 180 Å². The van der Waals surface area contributed by atoms with Crippen molar-refractivity contribution in [3.8, 4) is 67.5 Å². The van der Waals surface area contributed by atoms with E-state index in [0.717, 1.165) is 78.0 Å². The molecule has 2 aromatic heterocycles. The van der Waals surface area contributed by atoms with Crippen LogP contribution in [-0.2, 0) is 26.5 Å². The van der Waals surface area contributed by atoms with Crippen molar-refractivity contribution in [2.45, 2.75) is 85.5 Å². The van der Waals surface area contributed by atoms with Crippen molar-refractivity contribution in [2.24, 2.45) is 0 Å². The molecule has 0 bridgehead atoms. The van der Waals surface area contributed by atoms with Gasteiger partial charge in [0.15, 0.2) is 0 Å². The number of aromatic nitrogens is 3. The van der Waals surface area contributed by atoms with Crippen molar-refractivity contribution in [3.63, 3.8) is 0 Å². The third-order valence-electron chi connectivity index (χ3n) is 11.4. The molecule has 0 saturated carbocycles. The van der Waals surface area contributed by atoms with E-state index in [1.165, 1.54) is 5.56 Å². The minimum atomic E-state index is -0.813. The van der Waals surface area contributed by atoms with Crippen LogP contribution in [0.15, 0.2) is 140 Å². The molecule has 1 N–H and O–H groups in total. The Bertz CT molecular complexity index is 2850. The van der Waals surface area contributed by atoms with Gasteiger partial charge in [-0.15, -0.1) is 29.3 Å². The summed E-state index contributed by atoms with van der Waals surface area (Å²) in [5, 5.41) is 12.2. The predicted molar refractivity (Wildman–Crippen MR) is 248 cm³/mol. The van der Waals surface area contributed by atoms with Gasteiger partial charge in [-0.1, -0.05) is 164 Å². The van der Waals surface area contributed by atoms with Crippen LogP contribution in [0.3, 0.4) is 0 Å². The van der Waals surface area contributed by atoms with Crippen LogP contribution in [0.25, 0.3) is 72.7 Å². The van der Waals surface area contributed by atoms with E-state index < -0.39 is 5.89 Å². The first-order chi connectivity index (χ1) is 28.6. The summed E-state index contributed by atoms with van der Waals surface area (Å²) in [4.78, 5) is 10.5. The number of nitrogens with zero attached hydrogens (tertiary/aromatic N) is 3. The Kier molecular flexibility index (Phi) is 11.8. The third kappa shape index (κ3) is 8.28. The van der Waals surface area contributed by atoms with E-state index in [-0.39, 0.29) is 44.1 Å². The molecule has 0 radical (unpaired) electrons. The molecule has 60 heavy (non-hydrogen) atoms. The van der Waals surface area contributed by atoms with Crippen LogP contribution < -0.4 is 0 Å². The first-order valence-electron chi connectivity index (χ1n) is 21.3. The maximum absolute atomic E-state index is 12.2. The normalized spacial score (nSPS) is 12.2. The van der Waals surface area contributed by atoms with Crippen molar-refractivity contribution < 1.29 is 27.5 Å². The zero-order chi connectivity index (χ0) is 42.5. The van der Waals surface area contributed by atoms with Crippen LogP contribution in [0.4, 0.5) is 0 Å². The molecule has 306 valence electrons. The number of rotatable bonds is 9. The second kappa shape index (κ2) is 17.2. The predicted octanol–water partition coefficient (Wildman–Crippen LogP) is 14.9. The number of phenolic OH excluding ortho intramolecular Hbond substituents is 1. The molecule has 0 atom stereocenters. The zero-order valence-corrected chi connectivity index (χ0v) is 38.3. The summed E-state index contributed by atoms with van der Waals surface area (Å²) in [7, 11) is 0. The minimum absolute atomic E-state index is 0. The van der Waals surface area contributed by atoms with E-state index in [0.29, 0.717) is 11.4 Å². The standard InChI is InChI=1S/C55H54N3O.Pt/c1-34(2)39-23-24-50(47(30-39)38-19-14-11-15-20-38)58-51-22-16-21-45(52(51)57-54(58)48-32-41(35(3)4)31-46(36(5)6)53(48)59)42-27-43(29-44(28-42)55(7,8)9)49-33-40(25-26-56-49)37-17-12-10-13-18-37;/h10-26,28-36,59H,1-9H3;/q-1;/i34D;. The fourth-order valence-electron chi connectivity index (χ4n) is 7.93. The summed E-state index contributed by atoms with van der Waals surface area (Å²) in [5.41, 5.74) is 15.1. The van der Waals surface area contributed by atoms with Crippen molar-refractivity contribution in [1.82, 2.24) is 14.5 Å². The number of hydrogen-bond acceptors (Lipinski definition) is 3. The van der Waals surface area contributed by atoms with E-state index in [1.807, 2.05) is 32.2 Å². The summed E-state index contributed by atoms with van der Waals surface area (Å²) in [5.74, 6) is 0.406. The average molecular weight is 969 g/mol. The van der Waals surface area contributed by atoms with Crippen LogP contribution >= 0.6 is 0 Å². The molecule has 8 rings (SSSR count). The van der Waals surface area contributed by atoms with Gasteiger partial charge in [-0.05, 0) is 86.9 Å². The molecule has 0 aliphatic carbocycles. The van der Waals surface area contributed by atoms with Crippen LogP contribution in [-0.4, -0.2) is 19.6 Å². The Balaban J connectivity index is 0.00000561. The first kappa shape index (κ1) is 41.2. The molecule has 0 amide bonds. The summed E-state index contributed by atoms with van der Waals surface area (Å²) < 4.78 is 11.2. The molecule has 2 heterocycles. The van der Waals surface area contributed by atoms with Gasteiger partial charge < -0.3 is 5.11 Å². The summed E-state index contributed by atoms with van der Waals surface area (Å²) >= 11 is 0.